The van der Waals surface area contributed by atoms with Gasteiger partial charge in [-0.1, -0.05) is 5.16 Å². The van der Waals surface area contributed by atoms with Crippen LogP contribution in [0.5, 0.6) is 0 Å². The third-order valence-corrected chi connectivity index (χ3v) is 3.63. The highest BCUT2D eigenvalue weighted by Crippen LogP contribution is 2.19. The summed E-state index contributed by atoms with van der Waals surface area (Å²) >= 11 is 0. The van der Waals surface area contributed by atoms with Gasteiger partial charge in [-0.2, -0.15) is 0 Å². The second-order valence-corrected chi connectivity index (χ2v) is 5.00. The number of carboxylic acid groups (broad SMARTS) is 1. The molecule has 104 valence electrons. The largest absolute Gasteiger partial charge is 0.481 e. The van der Waals surface area contributed by atoms with Crippen molar-refractivity contribution in [2.24, 2.45) is 5.92 Å². The number of hydrogen-bond acceptors (Lipinski definition) is 4. The van der Waals surface area contributed by atoms with Crippen LogP contribution in [-0.2, 0) is 16.0 Å². The second kappa shape index (κ2) is 5.42. The lowest BCUT2D eigenvalue weighted by Crippen LogP contribution is -2.43. The molecule has 1 unspecified atom stereocenters. The molecule has 6 heteroatoms. The van der Waals surface area contributed by atoms with Crippen LogP contribution in [-0.4, -0.2) is 40.1 Å². The predicted molar refractivity (Wildman–Crippen MR) is 66.6 cm³/mol. The average molecular weight is 266 g/mol. The fourth-order valence-corrected chi connectivity index (χ4v) is 2.42. The zero-order valence-corrected chi connectivity index (χ0v) is 11.2. The monoisotopic (exact) mass is 266 g/mol. The first-order valence-electron chi connectivity index (χ1n) is 6.41. The van der Waals surface area contributed by atoms with Crippen LogP contribution in [0.25, 0.3) is 0 Å². The van der Waals surface area contributed by atoms with Gasteiger partial charge in [0.2, 0.25) is 5.91 Å². The van der Waals surface area contributed by atoms with Crippen molar-refractivity contribution in [2.45, 2.75) is 33.1 Å². The molecule has 1 aromatic heterocycles. The summed E-state index contributed by atoms with van der Waals surface area (Å²) in [7, 11) is 0. The normalized spacial score (nSPS) is 19.5. The van der Waals surface area contributed by atoms with Gasteiger partial charge in [-0.15, -0.1) is 0 Å². The Bertz CT molecular complexity index is 475. The number of aromatic nitrogens is 1. The number of hydrogen-bond donors (Lipinski definition) is 1. The van der Waals surface area contributed by atoms with Gasteiger partial charge < -0.3 is 14.5 Å². The highest BCUT2D eigenvalue weighted by Gasteiger charge is 2.28. The third-order valence-electron chi connectivity index (χ3n) is 3.63. The fraction of sp³-hybridized carbons (Fsp3) is 0.615. The van der Waals surface area contributed by atoms with Crippen molar-refractivity contribution in [3.63, 3.8) is 0 Å². The molecule has 1 fully saturated rings. The topological polar surface area (TPSA) is 83.6 Å². The van der Waals surface area contributed by atoms with Gasteiger partial charge in [0.1, 0.15) is 5.76 Å². The summed E-state index contributed by atoms with van der Waals surface area (Å²) in [6, 6.07) is 0. The molecule has 1 amide bonds. The predicted octanol–water partition coefficient (Wildman–Crippen LogP) is 1.16. The Balaban J connectivity index is 2.02. The van der Waals surface area contributed by atoms with Crippen LogP contribution in [0.1, 0.15) is 29.9 Å². The van der Waals surface area contributed by atoms with Gasteiger partial charge >= 0.3 is 5.97 Å². The first-order valence-corrected chi connectivity index (χ1v) is 6.41. The molecule has 0 radical (unpaired) electrons. The van der Waals surface area contributed by atoms with Crippen molar-refractivity contribution in [3.05, 3.63) is 17.0 Å². The van der Waals surface area contributed by atoms with E-state index in [1.54, 1.807) is 18.7 Å². The Morgan fingerprint density at radius 2 is 2.21 bits per heavy atom. The fourth-order valence-electron chi connectivity index (χ4n) is 2.42. The van der Waals surface area contributed by atoms with Crippen molar-refractivity contribution < 1.29 is 19.2 Å². The van der Waals surface area contributed by atoms with Crippen LogP contribution in [0, 0.1) is 19.8 Å². The summed E-state index contributed by atoms with van der Waals surface area (Å²) in [6.07, 6.45) is 1.61. The molecule has 0 bridgehead atoms. The van der Waals surface area contributed by atoms with Crippen LogP contribution < -0.4 is 0 Å². The van der Waals surface area contributed by atoms with Gasteiger partial charge in [-0.3, -0.25) is 9.59 Å². The second-order valence-electron chi connectivity index (χ2n) is 5.00. The average Bonchev–Trinajstić information content (AvgIpc) is 2.70. The van der Waals surface area contributed by atoms with E-state index in [9.17, 15) is 9.59 Å². The molecule has 0 aromatic carbocycles. The lowest BCUT2D eigenvalue weighted by molar-refractivity contribution is -0.145. The van der Waals surface area contributed by atoms with Crippen LogP contribution in [0.15, 0.2) is 4.52 Å². The van der Waals surface area contributed by atoms with E-state index in [0.717, 1.165) is 17.7 Å². The van der Waals surface area contributed by atoms with E-state index in [-0.39, 0.29) is 12.3 Å². The molecule has 2 heterocycles. The molecule has 0 spiro atoms. The maximum atomic E-state index is 12.2. The number of carboxylic acids is 1. The molecule has 2 rings (SSSR count). The first-order chi connectivity index (χ1) is 8.99. The number of rotatable bonds is 3. The zero-order chi connectivity index (χ0) is 14.0. The van der Waals surface area contributed by atoms with E-state index in [0.29, 0.717) is 25.3 Å². The minimum absolute atomic E-state index is 0.0552. The molecular formula is C13H18N2O4. The Hall–Kier alpha value is -1.85. The molecule has 1 N–H and O–H groups in total. The smallest absolute Gasteiger partial charge is 0.308 e. The number of amides is 1. The van der Waals surface area contributed by atoms with Crippen molar-refractivity contribution >= 4 is 11.9 Å². The Labute approximate surface area is 111 Å². The summed E-state index contributed by atoms with van der Waals surface area (Å²) < 4.78 is 5.03. The van der Waals surface area contributed by atoms with Crippen LogP contribution in [0.4, 0.5) is 0 Å². The van der Waals surface area contributed by atoms with E-state index in [1.165, 1.54) is 0 Å². The van der Waals surface area contributed by atoms with Crippen LogP contribution in [0.2, 0.25) is 0 Å². The quantitative estimate of drug-likeness (QED) is 0.887. The van der Waals surface area contributed by atoms with Crippen LogP contribution >= 0.6 is 0 Å². The molecule has 1 saturated heterocycles. The molecule has 6 nitrogen and oxygen atoms in total. The highest BCUT2D eigenvalue weighted by molar-refractivity contribution is 5.80. The summed E-state index contributed by atoms with van der Waals surface area (Å²) in [6.45, 7) is 4.51. The number of nitrogens with zero attached hydrogens (tertiary/aromatic N) is 2. The minimum atomic E-state index is -0.824. The zero-order valence-electron chi connectivity index (χ0n) is 11.2. The summed E-state index contributed by atoms with van der Waals surface area (Å²) in [5.74, 6) is -0.671. The van der Waals surface area contributed by atoms with Gasteiger partial charge in [-0.25, -0.2) is 0 Å². The van der Waals surface area contributed by atoms with Gasteiger partial charge in [0.15, 0.2) is 0 Å². The third kappa shape index (κ3) is 2.94. The van der Waals surface area contributed by atoms with E-state index in [1.807, 2.05) is 0 Å². The Morgan fingerprint density at radius 1 is 1.47 bits per heavy atom. The lowest BCUT2D eigenvalue weighted by Gasteiger charge is -2.30. The number of carbonyl (C=O) groups excluding carboxylic acids is 1. The number of aryl methyl sites for hydroxylation is 2. The Morgan fingerprint density at radius 3 is 2.79 bits per heavy atom. The van der Waals surface area contributed by atoms with Crippen molar-refractivity contribution in [2.75, 3.05) is 13.1 Å². The summed E-state index contributed by atoms with van der Waals surface area (Å²) in [4.78, 5) is 24.8. The van der Waals surface area contributed by atoms with E-state index < -0.39 is 11.9 Å². The molecule has 1 atom stereocenters. The summed E-state index contributed by atoms with van der Waals surface area (Å²) in [5.41, 5.74) is 1.53. The van der Waals surface area contributed by atoms with Crippen molar-refractivity contribution in [1.29, 1.82) is 0 Å². The Kier molecular flexibility index (Phi) is 3.87. The maximum Gasteiger partial charge on any atom is 0.308 e. The highest BCUT2D eigenvalue weighted by atomic mass is 16.5. The SMILES string of the molecule is Cc1noc(C)c1CC(=O)N1CCCC(C(=O)O)C1. The van der Waals surface area contributed by atoms with Gasteiger partial charge in [0.25, 0.3) is 0 Å². The molecule has 1 aliphatic rings. The van der Waals surface area contributed by atoms with Crippen LogP contribution in [0.3, 0.4) is 0 Å². The lowest BCUT2D eigenvalue weighted by atomic mass is 9.97. The summed E-state index contributed by atoms with van der Waals surface area (Å²) in [5, 5.41) is 12.8. The van der Waals surface area contributed by atoms with E-state index >= 15 is 0 Å². The molecular weight excluding hydrogens is 248 g/mol. The molecule has 1 aromatic rings. The number of likely N-dealkylation sites (tertiary alicyclic amines) is 1. The number of aliphatic carboxylic acids is 1. The number of carbonyl (C=O) groups is 2. The number of piperidine rings is 1. The van der Waals surface area contributed by atoms with Gasteiger partial charge in [0, 0.05) is 18.7 Å². The van der Waals surface area contributed by atoms with E-state index in [4.69, 9.17) is 9.63 Å². The van der Waals surface area contributed by atoms with E-state index in [2.05, 4.69) is 5.16 Å². The molecule has 19 heavy (non-hydrogen) atoms. The maximum absolute atomic E-state index is 12.2. The molecule has 0 saturated carbocycles. The first kappa shape index (κ1) is 13.6. The molecule has 1 aliphatic heterocycles. The van der Waals surface area contributed by atoms with Gasteiger partial charge in [0.05, 0.1) is 18.0 Å². The minimum Gasteiger partial charge on any atom is -0.481 e. The van der Waals surface area contributed by atoms with Crippen molar-refractivity contribution in [1.82, 2.24) is 10.1 Å². The molecule has 0 aliphatic carbocycles. The standard InChI is InChI=1S/C13H18N2O4/c1-8-11(9(2)19-14-8)6-12(16)15-5-3-4-10(7-15)13(17)18/h10H,3-7H2,1-2H3,(H,17,18). The van der Waals surface area contributed by atoms with Crippen molar-refractivity contribution in [3.8, 4) is 0 Å². The van der Waals surface area contributed by atoms with Gasteiger partial charge in [-0.05, 0) is 26.7 Å².